The third-order valence-corrected chi connectivity index (χ3v) is 6.70. The van der Waals surface area contributed by atoms with Gasteiger partial charge in [-0.1, -0.05) is 0 Å². The summed E-state index contributed by atoms with van der Waals surface area (Å²) in [5.41, 5.74) is 2.23. The molecule has 0 fully saturated rings. The number of amides is 1. The fraction of sp³-hybridized carbons (Fsp3) is 0.278. The van der Waals surface area contributed by atoms with Gasteiger partial charge in [0.15, 0.2) is 0 Å². The Hall–Kier alpha value is -0.870. The summed E-state index contributed by atoms with van der Waals surface area (Å²) in [4.78, 5) is 14.8. The van der Waals surface area contributed by atoms with Crippen molar-refractivity contribution in [1.29, 1.82) is 0 Å². The first-order chi connectivity index (χ1) is 11.6. The molecule has 0 aliphatic carbocycles. The molecule has 24 heavy (non-hydrogen) atoms. The Labute approximate surface area is 160 Å². The van der Waals surface area contributed by atoms with Gasteiger partial charge >= 0.3 is 162 Å². The molecule has 0 unspecified atom stereocenters. The molecule has 0 radical (unpaired) electrons. The van der Waals surface area contributed by atoms with Crippen LogP contribution in [-0.2, 0) is 17.8 Å². The average Bonchev–Trinajstić information content (AvgIpc) is 2.60. The van der Waals surface area contributed by atoms with Crippen molar-refractivity contribution in [3.05, 3.63) is 65.7 Å². The number of halogens is 2. The zero-order valence-corrected chi connectivity index (χ0v) is 18.1. The predicted molar refractivity (Wildman–Crippen MR) is 116 cm³/mol. The van der Waals surface area contributed by atoms with Crippen LogP contribution in [0.5, 0.6) is 5.75 Å². The van der Waals surface area contributed by atoms with Crippen molar-refractivity contribution >= 4 is 40.6 Å². The van der Waals surface area contributed by atoms with Crippen LogP contribution in [0, 0.1) is 0 Å². The first-order valence-corrected chi connectivity index (χ1v) is 17.1. The normalized spacial score (nSPS) is 12.4. The zero-order valence-electron chi connectivity index (χ0n) is 13.8. The first-order valence-electron chi connectivity index (χ1n) is 7.55. The van der Waals surface area contributed by atoms with Gasteiger partial charge in [-0.2, -0.15) is 0 Å². The van der Waals surface area contributed by atoms with Crippen LogP contribution < -0.4 is 13.6 Å². The monoisotopic (exact) mass is 552 g/mol. The molecule has 0 saturated heterocycles. The zero-order chi connectivity index (χ0) is 17.4. The van der Waals surface area contributed by atoms with E-state index in [0.717, 1.165) is 11.3 Å². The van der Waals surface area contributed by atoms with E-state index in [0.29, 0.717) is 13.0 Å². The number of carbonyl (C=O) groups excluding carboxylic acids is 1. The van der Waals surface area contributed by atoms with Crippen molar-refractivity contribution < 1.29 is 9.53 Å². The molecule has 0 saturated carbocycles. The fourth-order valence-corrected chi connectivity index (χ4v) is 5.71. The Bertz CT molecular complexity index is 633. The number of hydrogen-bond acceptors (Lipinski definition) is 3. The summed E-state index contributed by atoms with van der Waals surface area (Å²) >= 11 is 1.17. The van der Waals surface area contributed by atoms with Gasteiger partial charge in [0.05, 0.1) is 0 Å². The molecular formula is C18H22I2N2O2. The molecule has 2 aromatic rings. The maximum atomic E-state index is 12.6. The number of hydrogen-bond donors (Lipinski definition) is 2. The molecule has 0 heterocycles. The Kier molecular flexibility index (Phi) is 8.26. The van der Waals surface area contributed by atoms with Crippen molar-refractivity contribution in [2.24, 2.45) is 0 Å². The summed E-state index contributed by atoms with van der Waals surface area (Å²) in [6.07, 6.45) is 0.708. The van der Waals surface area contributed by atoms with Gasteiger partial charge in [-0.25, -0.2) is 0 Å². The van der Waals surface area contributed by atoms with Gasteiger partial charge < -0.3 is 0 Å². The average molecular weight is 552 g/mol. The van der Waals surface area contributed by atoms with E-state index in [1.807, 2.05) is 42.5 Å². The maximum absolute atomic E-state index is 12.6. The summed E-state index contributed by atoms with van der Waals surface area (Å²) in [5, 5.41) is 3.04. The quantitative estimate of drug-likeness (QED) is 0.297. The molecule has 2 N–H and O–H groups in total. The molecular weight excluding hydrogens is 530 g/mol. The van der Waals surface area contributed by atoms with Crippen LogP contribution >= 0.6 is 34.7 Å². The predicted octanol–water partition coefficient (Wildman–Crippen LogP) is 3.91. The molecule has 0 aliphatic rings. The number of rotatable bonds is 8. The van der Waals surface area contributed by atoms with E-state index in [9.17, 15) is 4.79 Å². The second-order valence-electron chi connectivity index (χ2n) is 5.32. The molecule has 4 nitrogen and oxygen atoms in total. The van der Waals surface area contributed by atoms with Crippen LogP contribution in [0.2, 0.25) is 0 Å². The summed E-state index contributed by atoms with van der Waals surface area (Å²) < 4.78 is 8.64. The van der Waals surface area contributed by atoms with E-state index >= 15 is 0 Å². The van der Waals surface area contributed by atoms with Crippen molar-refractivity contribution in [3.63, 3.8) is 0 Å². The van der Waals surface area contributed by atoms with Gasteiger partial charge in [0.2, 0.25) is 0 Å². The molecule has 2 aromatic carbocycles. The number of nitrogens with one attached hydrogen (secondary N) is 2. The summed E-state index contributed by atoms with van der Waals surface area (Å²) in [5.74, 6) is 0.870. The molecule has 1 amide bonds. The van der Waals surface area contributed by atoms with Gasteiger partial charge in [0.1, 0.15) is 0 Å². The summed E-state index contributed by atoms with van der Waals surface area (Å²) in [6.45, 7) is 0.523. The molecule has 0 aromatic heterocycles. The Balaban J connectivity index is 1.96. The van der Waals surface area contributed by atoms with E-state index < -0.39 is 16.1 Å². The molecule has 6 heteroatoms. The SMILES string of the molecule is COc1ccc(CNC(=O)[C@H](Cc2ccccc2)NI(C)I)cc1. The molecule has 2 rings (SSSR count). The molecule has 0 aliphatic heterocycles. The first kappa shape index (κ1) is 19.5. The van der Waals surface area contributed by atoms with Gasteiger partial charge in [-0.3, -0.25) is 0 Å². The molecule has 0 bridgehead atoms. The van der Waals surface area contributed by atoms with E-state index in [1.54, 1.807) is 7.11 Å². The topological polar surface area (TPSA) is 50.4 Å². The van der Waals surface area contributed by atoms with Crippen LogP contribution in [-0.4, -0.2) is 24.0 Å². The van der Waals surface area contributed by atoms with Crippen molar-refractivity contribution in [1.82, 2.24) is 8.85 Å². The third kappa shape index (κ3) is 6.56. The second kappa shape index (κ2) is 10.2. The van der Waals surface area contributed by atoms with E-state index in [2.05, 4.69) is 44.5 Å². The summed E-state index contributed by atoms with van der Waals surface area (Å²) in [7, 11) is 1.65. The Morgan fingerprint density at radius 2 is 1.79 bits per heavy atom. The number of alkyl halides is 1. The third-order valence-electron chi connectivity index (χ3n) is 3.51. The number of carbonyl (C=O) groups is 1. The van der Waals surface area contributed by atoms with E-state index in [-0.39, 0.29) is 11.9 Å². The van der Waals surface area contributed by atoms with Crippen molar-refractivity contribution in [2.45, 2.75) is 19.0 Å². The summed E-state index contributed by atoms with van der Waals surface area (Å²) in [6, 6.07) is 17.7. The van der Waals surface area contributed by atoms with Crippen LogP contribution in [0.4, 0.5) is 0 Å². The fourth-order valence-electron chi connectivity index (χ4n) is 2.27. The molecule has 1 atom stereocenters. The number of methoxy groups -OCH3 is 1. The minimum atomic E-state index is -1.26. The number of benzene rings is 2. The van der Waals surface area contributed by atoms with Gasteiger partial charge in [0.25, 0.3) is 0 Å². The van der Waals surface area contributed by atoms with E-state index in [1.165, 1.54) is 5.56 Å². The Morgan fingerprint density at radius 1 is 1.12 bits per heavy atom. The van der Waals surface area contributed by atoms with Crippen LogP contribution in [0.15, 0.2) is 54.6 Å². The van der Waals surface area contributed by atoms with Crippen LogP contribution in [0.3, 0.4) is 0 Å². The molecule has 0 spiro atoms. The van der Waals surface area contributed by atoms with E-state index in [4.69, 9.17) is 4.74 Å². The van der Waals surface area contributed by atoms with Crippen LogP contribution in [0.25, 0.3) is 0 Å². The number of ether oxygens (including phenoxy) is 1. The van der Waals surface area contributed by atoms with Gasteiger partial charge in [-0.05, 0) is 0 Å². The minimum absolute atomic E-state index is 0.0514. The molecule has 130 valence electrons. The Morgan fingerprint density at radius 3 is 2.38 bits per heavy atom. The van der Waals surface area contributed by atoms with Crippen LogP contribution in [0.1, 0.15) is 11.1 Å². The standard InChI is InChI=1S/C18H22I2N2O2/c1-20(19)22-17(12-14-6-4-3-5-7-14)18(23)21-13-15-8-10-16(24-2)11-9-15/h3-11,17,22H,12-13H2,1-2H3,(H,21,23)/t17-/m0/s1. The second-order valence-corrected chi connectivity index (χ2v) is 16.5. The van der Waals surface area contributed by atoms with Gasteiger partial charge in [-0.15, -0.1) is 0 Å². The van der Waals surface area contributed by atoms with Gasteiger partial charge in [0, 0.05) is 0 Å². The van der Waals surface area contributed by atoms with Crippen molar-refractivity contribution in [2.75, 3.05) is 12.0 Å². The van der Waals surface area contributed by atoms with Crippen molar-refractivity contribution in [3.8, 4) is 5.75 Å².